The summed E-state index contributed by atoms with van der Waals surface area (Å²) in [4.78, 5) is 17.6. The summed E-state index contributed by atoms with van der Waals surface area (Å²) in [5.74, 6) is 0.178. The molecule has 2 saturated carbocycles. The lowest BCUT2D eigenvalue weighted by molar-refractivity contribution is -0.274. The minimum absolute atomic E-state index is 0.0960. The number of alkyl halides is 3. The molecule has 0 unspecified atom stereocenters. The predicted octanol–water partition coefficient (Wildman–Crippen LogP) is 4.64. The first kappa shape index (κ1) is 22.2. The fourth-order valence-electron chi connectivity index (χ4n) is 5.31. The number of anilines is 1. The van der Waals surface area contributed by atoms with Crippen LogP contribution in [0.5, 0.6) is 5.75 Å². The van der Waals surface area contributed by atoms with Crippen molar-refractivity contribution >= 4 is 11.6 Å². The highest BCUT2D eigenvalue weighted by atomic mass is 19.4. The molecular formula is C23H32F3N3O2. The third kappa shape index (κ3) is 6.05. The molecule has 3 aliphatic rings. The van der Waals surface area contributed by atoms with Crippen molar-refractivity contribution in [3.63, 3.8) is 0 Å². The Bertz CT molecular complexity index is 719. The summed E-state index contributed by atoms with van der Waals surface area (Å²) in [5.41, 5.74) is 0.771. The molecule has 0 atom stereocenters. The number of nitrogens with zero attached hydrogens (tertiary/aromatic N) is 2. The molecule has 5 nitrogen and oxygen atoms in total. The molecule has 1 aromatic carbocycles. The molecule has 3 fully saturated rings. The molecule has 31 heavy (non-hydrogen) atoms. The number of carbonyl (C=O) groups is 1. The highest BCUT2D eigenvalue weighted by molar-refractivity contribution is 5.79. The van der Waals surface area contributed by atoms with Crippen LogP contribution in [0.15, 0.2) is 24.3 Å². The van der Waals surface area contributed by atoms with Crippen LogP contribution in [-0.4, -0.2) is 60.3 Å². The van der Waals surface area contributed by atoms with Gasteiger partial charge in [0, 0.05) is 49.9 Å². The van der Waals surface area contributed by atoms with Crippen molar-refractivity contribution in [2.75, 3.05) is 31.5 Å². The van der Waals surface area contributed by atoms with Crippen molar-refractivity contribution in [1.82, 2.24) is 9.80 Å². The van der Waals surface area contributed by atoms with Crippen LogP contribution in [0.2, 0.25) is 0 Å². The van der Waals surface area contributed by atoms with Gasteiger partial charge in [0.25, 0.3) is 0 Å². The summed E-state index contributed by atoms with van der Waals surface area (Å²) < 4.78 is 40.7. The largest absolute Gasteiger partial charge is 0.573 e. The maximum atomic E-state index is 13.0. The Balaban J connectivity index is 1.19. The normalized spacial score (nSPS) is 26.1. The van der Waals surface area contributed by atoms with Crippen LogP contribution in [0.1, 0.15) is 51.4 Å². The Kier molecular flexibility index (Phi) is 6.94. The van der Waals surface area contributed by atoms with Gasteiger partial charge < -0.3 is 15.0 Å². The topological polar surface area (TPSA) is 44.8 Å². The fraction of sp³-hybridized carbons (Fsp3) is 0.696. The second-order valence-electron chi connectivity index (χ2n) is 9.06. The molecule has 2 aliphatic carbocycles. The summed E-state index contributed by atoms with van der Waals surface area (Å²) in [6, 6.07) is 6.79. The zero-order valence-electron chi connectivity index (χ0n) is 17.9. The number of ether oxygens (including phenoxy) is 1. The molecule has 1 N–H and O–H groups in total. The highest BCUT2D eigenvalue weighted by Crippen LogP contribution is 2.30. The fourth-order valence-corrected chi connectivity index (χ4v) is 5.31. The van der Waals surface area contributed by atoms with Crippen LogP contribution in [-0.2, 0) is 4.79 Å². The van der Waals surface area contributed by atoms with Crippen LogP contribution in [0, 0.1) is 5.92 Å². The molecule has 172 valence electrons. The smallest absolute Gasteiger partial charge is 0.406 e. The van der Waals surface area contributed by atoms with E-state index in [2.05, 4.69) is 19.9 Å². The first-order chi connectivity index (χ1) is 14.9. The predicted molar refractivity (Wildman–Crippen MR) is 113 cm³/mol. The first-order valence-electron chi connectivity index (χ1n) is 11.5. The number of piperazine rings is 1. The molecule has 0 radical (unpaired) electrons. The molecule has 0 aromatic heterocycles. The summed E-state index contributed by atoms with van der Waals surface area (Å²) in [7, 11) is 0. The average Bonchev–Trinajstić information content (AvgIpc) is 3.29. The average molecular weight is 440 g/mol. The van der Waals surface area contributed by atoms with Crippen LogP contribution >= 0.6 is 0 Å². The van der Waals surface area contributed by atoms with Crippen molar-refractivity contribution in [1.29, 1.82) is 0 Å². The minimum atomic E-state index is -4.68. The van der Waals surface area contributed by atoms with Gasteiger partial charge in [0.2, 0.25) is 5.91 Å². The van der Waals surface area contributed by atoms with Crippen molar-refractivity contribution < 1.29 is 22.7 Å². The van der Waals surface area contributed by atoms with E-state index in [-0.39, 0.29) is 17.7 Å². The van der Waals surface area contributed by atoms with Crippen LogP contribution in [0.3, 0.4) is 0 Å². The van der Waals surface area contributed by atoms with E-state index in [1.54, 1.807) is 12.1 Å². The monoisotopic (exact) mass is 439 g/mol. The number of hydrogen-bond donors (Lipinski definition) is 1. The van der Waals surface area contributed by atoms with Crippen LogP contribution in [0.25, 0.3) is 0 Å². The summed E-state index contributed by atoms with van der Waals surface area (Å²) in [6.07, 6.45) is 4.11. The maximum Gasteiger partial charge on any atom is 0.573 e. The molecular weight excluding hydrogens is 407 g/mol. The van der Waals surface area contributed by atoms with Gasteiger partial charge in [0.1, 0.15) is 5.75 Å². The summed E-state index contributed by atoms with van der Waals surface area (Å²) >= 11 is 0. The van der Waals surface area contributed by atoms with E-state index in [4.69, 9.17) is 0 Å². The van der Waals surface area contributed by atoms with Crippen LogP contribution < -0.4 is 10.1 Å². The molecule has 4 rings (SSSR count). The second kappa shape index (κ2) is 9.67. The maximum absolute atomic E-state index is 13.0. The Labute approximate surface area is 181 Å². The van der Waals surface area contributed by atoms with Gasteiger partial charge >= 0.3 is 6.36 Å². The van der Waals surface area contributed by atoms with Gasteiger partial charge in [0.05, 0.1) is 0 Å². The number of carbonyl (C=O) groups excluding carboxylic acids is 1. The lowest BCUT2D eigenvalue weighted by Crippen LogP contribution is -2.53. The van der Waals surface area contributed by atoms with Gasteiger partial charge in [0.15, 0.2) is 0 Å². The van der Waals surface area contributed by atoms with Gasteiger partial charge in [-0.15, -0.1) is 13.2 Å². The Morgan fingerprint density at radius 2 is 1.52 bits per heavy atom. The number of benzene rings is 1. The molecule has 1 aromatic rings. The van der Waals surface area contributed by atoms with Gasteiger partial charge in [-0.2, -0.15) is 0 Å². The van der Waals surface area contributed by atoms with Crippen molar-refractivity contribution in [2.45, 2.75) is 69.8 Å². The number of rotatable bonds is 5. The number of nitrogens with one attached hydrogen (secondary N) is 1. The molecule has 0 spiro atoms. The number of hydrogen-bond acceptors (Lipinski definition) is 4. The van der Waals surface area contributed by atoms with E-state index in [0.717, 1.165) is 63.6 Å². The molecule has 1 aliphatic heterocycles. The SMILES string of the molecule is O=C([C@H]1CC[C@@H](Nc2ccc(OC(F)(F)F)cc2)CC1)N1CCN(C2CCCC2)CC1. The third-order valence-corrected chi connectivity index (χ3v) is 7.00. The first-order valence-corrected chi connectivity index (χ1v) is 11.5. The van der Waals surface area contributed by atoms with Crippen molar-refractivity contribution in [3.8, 4) is 5.75 Å². The van der Waals surface area contributed by atoms with E-state index in [9.17, 15) is 18.0 Å². The highest BCUT2D eigenvalue weighted by Gasteiger charge is 2.33. The minimum Gasteiger partial charge on any atom is -0.406 e. The van der Waals surface area contributed by atoms with Gasteiger partial charge in [-0.3, -0.25) is 9.69 Å². The van der Waals surface area contributed by atoms with Crippen molar-refractivity contribution in [3.05, 3.63) is 24.3 Å². The summed E-state index contributed by atoms with van der Waals surface area (Å²) in [5, 5.41) is 3.38. The number of amides is 1. The zero-order chi connectivity index (χ0) is 21.8. The number of halogens is 3. The lowest BCUT2D eigenvalue weighted by Gasteiger charge is -2.40. The Morgan fingerprint density at radius 1 is 0.903 bits per heavy atom. The molecule has 1 amide bonds. The molecule has 0 bridgehead atoms. The van der Waals surface area contributed by atoms with E-state index in [1.165, 1.54) is 37.8 Å². The van der Waals surface area contributed by atoms with Gasteiger partial charge in [-0.1, -0.05) is 12.8 Å². The Hall–Kier alpha value is -1.96. The van der Waals surface area contributed by atoms with Gasteiger partial charge in [-0.25, -0.2) is 0 Å². The second-order valence-corrected chi connectivity index (χ2v) is 9.06. The Morgan fingerprint density at radius 3 is 2.10 bits per heavy atom. The standard InChI is InChI=1S/C23H32F3N3O2/c24-23(25,26)31-21-11-9-19(10-12-21)27-18-7-5-17(6-8-18)22(30)29-15-13-28(14-16-29)20-3-1-2-4-20/h9-12,17-18,20,27H,1-8,13-16H2/t17-,18+. The van der Waals surface area contributed by atoms with E-state index in [0.29, 0.717) is 5.91 Å². The molecule has 8 heteroatoms. The molecule has 1 heterocycles. The van der Waals surface area contributed by atoms with Gasteiger partial charge in [-0.05, 0) is 62.8 Å². The lowest BCUT2D eigenvalue weighted by atomic mass is 9.85. The van der Waals surface area contributed by atoms with Crippen molar-refractivity contribution in [2.24, 2.45) is 5.92 Å². The van der Waals surface area contributed by atoms with E-state index >= 15 is 0 Å². The zero-order valence-corrected chi connectivity index (χ0v) is 17.9. The quantitative estimate of drug-likeness (QED) is 0.726. The summed E-state index contributed by atoms with van der Waals surface area (Å²) in [6.45, 7) is 3.70. The third-order valence-electron chi connectivity index (χ3n) is 7.00. The van der Waals surface area contributed by atoms with E-state index < -0.39 is 6.36 Å². The molecule has 1 saturated heterocycles. The van der Waals surface area contributed by atoms with E-state index in [1.807, 2.05) is 0 Å². The van der Waals surface area contributed by atoms with Crippen LogP contribution in [0.4, 0.5) is 18.9 Å².